The zero-order chi connectivity index (χ0) is 14.9. The molecule has 3 heteroatoms. The Morgan fingerprint density at radius 1 is 1.40 bits per heavy atom. The van der Waals surface area contributed by atoms with E-state index in [0.29, 0.717) is 6.54 Å². The molecule has 1 fully saturated rings. The topological polar surface area (TPSA) is 25.2 Å². The molecule has 0 radical (unpaired) electrons. The van der Waals surface area contributed by atoms with Gasteiger partial charge in [0, 0.05) is 30.0 Å². The van der Waals surface area contributed by atoms with Gasteiger partial charge in [-0.05, 0) is 51.6 Å². The van der Waals surface area contributed by atoms with Gasteiger partial charge in [-0.1, -0.05) is 13.8 Å². The van der Waals surface area contributed by atoms with E-state index in [2.05, 4.69) is 50.2 Å². The minimum Gasteiger partial charge on any atom is -0.349 e. The summed E-state index contributed by atoms with van der Waals surface area (Å²) in [6.07, 6.45) is 1.24. The van der Waals surface area contributed by atoms with Gasteiger partial charge in [0.2, 0.25) is 0 Å². The molecule has 2 rings (SSSR count). The maximum absolute atomic E-state index is 12.5. The molecule has 0 N–H and O–H groups in total. The summed E-state index contributed by atoms with van der Waals surface area (Å²) >= 11 is 0. The Labute approximate surface area is 123 Å². The number of carbonyl (C=O) groups excluding carboxylic acids is 1. The van der Waals surface area contributed by atoms with E-state index in [-0.39, 0.29) is 5.78 Å². The van der Waals surface area contributed by atoms with Gasteiger partial charge in [-0.3, -0.25) is 9.69 Å². The van der Waals surface area contributed by atoms with E-state index in [1.807, 2.05) is 0 Å². The quantitative estimate of drug-likeness (QED) is 0.771. The highest BCUT2D eigenvalue weighted by Crippen LogP contribution is 2.24. The van der Waals surface area contributed by atoms with Crippen LogP contribution in [0, 0.1) is 25.7 Å². The fourth-order valence-electron chi connectivity index (χ4n) is 3.41. The van der Waals surface area contributed by atoms with E-state index in [1.165, 1.54) is 12.1 Å². The SMILES string of the molecule is CCn1c(C)cc(C(=O)CN2CCC(C(C)C)C2)c1C. The van der Waals surface area contributed by atoms with Gasteiger partial charge in [0.15, 0.2) is 5.78 Å². The molecular weight excluding hydrogens is 248 g/mol. The zero-order valence-corrected chi connectivity index (χ0v) is 13.6. The van der Waals surface area contributed by atoms with Crippen LogP contribution in [-0.4, -0.2) is 34.9 Å². The molecule has 2 heterocycles. The van der Waals surface area contributed by atoms with Crippen molar-refractivity contribution in [1.29, 1.82) is 0 Å². The second-order valence-electron chi connectivity index (χ2n) is 6.48. The molecule has 1 aliphatic rings. The van der Waals surface area contributed by atoms with Crippen LogP contribution in [0.5, 0.6) is 0 Å². The summed E-state index contributed by atoms with van der Waals surface area (Å²) in [5.41, 5.74) is 3.22. The van der Waals surface area contributed by atoms with Crippen LogP contribution in [0.15, 0.2) is 6.07 Å². The van der Waals surface area contributed by atoms with E-state index in [9.17, 15) is 4.79 Å². The molecule has 1 aromatic heterocycles. The van der Waals surface area contributed by atoms with Crippen LogP contribution in [0.2, 0.25) is 0 Å². The first-order valence-corrected chi connectivity index (χ1v) is 7.86. The summed E-state index contributed by atoms with van der Waals surface area (Å²) in [7, 11) is 0. The Bertz CT molecular complexity index is 487. The van der Waals surface area contributed by atoms with E-state index in [1.54, 1.807) is 0 Å². The monoisotopic (exact) mass is 276 g/mol. The van der Waals surface area contributed by atoms with Gasteiger partial charge >= 0.3 is 0 Å². The molecule has 20 heavy (non-hydrogen) atoms. The Kier molecular flexibility index (Phi) is 4.69. The fraction of sp³-hybridized carbons (Fsp3) is 0.706. The lowest BCUT2D eigenvalue weighted by Crippen LogP contribution is -2.28. The standard InChI is InChI=1S/C17H28N2O/c1-6-19-13(4)9-16(14(19)5)17(20)11-18-8-7-15(10-18)12(2)3/h9,12,15H,6-8,10-11H2,1-5H3. The van der Waals surface area contributed by atoms with E-state index >= 15 is 0 Å². The molecule has 112 valence electrons. The summed E-state index contributed by atoms with van der Waals surface area (Å²) in [4.78, 5) is 14.8. The summed E-state index contributed by atoms with van der Waals surface area (Å²) in [6, 6.07) is 2.05. The van der Waals surface area contributed by atoms with E-state index in [4.69, 9.17) is 0 Å². The first kappa shape index (κ1) is 15.3. The highest BCUT2D eigenvalue weighted by molar-refractivity contribution is 5.99. The van der Waals surface area contributed by atoms with Gasteiger partial charge < -0.3 is 4.57 Å². The zero-order valence-electron chi connectivity index (χ0n) is 13.6. The normalized spacial score (nSPS) is 20.0. The van der Waals surface area contributed by atoms with Gasteiger partial charge in [-0.2, -0.15) is 0 Å². The summed E-state index contributed by atoms with van der Waals surface area (Å²) in [5, 5.41) is 0. The van der Waals surface area contributed by atoms with Crippen LogP contribution in [0.1, 0.15) is 48.9 Å². The maximum atomic E-state index is 12.5. The largest absolute Gasteiger partial charge is 0.349 e. The number of rotatable bonds is 5. The molecule has 0 aliphatic carbocycles. The third kappa shape index (κ3) is 2.98. The summed E-state index contributed by atoms with van der Waals surface area (Å²) in [5.74, 6) is 1.76. The van der Waals surface area contributed by atoms with Crippen molar-refractivity contribution in [2.24, 2.45) is 11.8 Å². The number of likely N-dealkylation sites (tertiary alicyclic amines) is 1. The highest BCUT2D eigenvalue weighted by Gasteiger charge is 2.27. The smallest absolute Gasteiger partial charge is 0.178 e. The number of carbonyl (C=O) groups is 1. The molecule has 0 spiro atoms. The highest BCUT2D eigenvalue weighted by atomic mass is 16.1. The minimum atomic E-state index is 0.280. The van der Waals surface area contributed by atoms with Crippen molar-refractivity contribution in [1.82, 2.24) is 9.47 Å². The number of aromatic nitrogens is 1. The fourth-order valence-corrected chi connectivity index (χ4v) is 3.41. The predicted molar refractivity (Wildman–Crippen MR) is 83.3 cm³/mol. The van der Waals surface area contributed by atoms with Crippen LogP contribution < -0.4 is 0 Å². The third-order valence-electron chi connectivity index (χ3n) is 4.81. The van der Waals surface area contributed by atoms with Gasteiger partial charge in [0.05, 0.1) is 6.54 Å². The molecule has 0 aromatic carbocycles. The molecule has 0 saturated carbocycles. The Hall–Kier alpha value is -1.09. The molecule has 1 aliphatic heterocycles. The van der Waals surface area contributed by atoms with Crippen LogP contribution in [-0.2, 0) is 6.54 Å². The molecule has 0 amide bonds. The molecule has 1 aromatic rings. The van der Waals surface area contributed by atoms with Gasteiger partial charge in [0.25, 0.3) is 0 Å². The van der Waals surface area contributed by atoms with Crippen molar-refractivity contribution >= 4 is 5.78 Å². The lowest BCUT2D eigenvalue weighted by molar-refractivity contribution is 0.0941. The molecule has 1 saturated heterocycles. The first-order valence-electron chi connectivity index (χ1n) is 7.86. The van der Waals surface area contributed by atoms with Crippen molar-refractivity contribution < 1.29 is 4.79 Å². The molecule has 0 bridgehead atoms. The van der Waals surface area contributed by atoms with E-state index < -0.39 is 0 Å². The van der Waals surface area contributed by atoms with Gasteiger partial charge in [-0.15, -0.1) is 0 Å². The lowest BCUT2D eigenvalue weighted by Gasteiger charge is -2.17. The average molecular weight is 276 g/mol. The number of nitrogens with zero attached hydrogens (tertiary/aromatic N) is 2. The van der Waals surface area contributed by atoms with Gasteiger partial charge in [-0.25, -0.2) is 0 Å². The lowest BCUT2D eigenvalue weighted by atomic mass is 9.95. The second-order valence-corrected chi connectivity index (χ2v) is 6.48. The van der Waals surface area contributed by atoms with Crippen molar-refractivity contribution in [3.8, 4) is 0 Å². The minimum absolute atomic E-state index is 0.280. The Morgan fingerprint density at radius 3 is 2.60 bits per heavy atom. The van der Waals surface area contributed by atoms with Crippen molar-refractivity contribution in [2.75, 3.05) is 19.6 Å². The summed E-state index contributed by atoms with van der Waals surface area (Å²) in [6.45, 7) is 14.5. The third-order valence-corrected chi connectivity index (χ3v) is 4.81. The molecule has 3 nitrogen and oxygen atoms in total. The average Bonchev–Trinajstić information content (AvgIpc) is 2.94. The number of Topliss-reactive ketones (excluding diaryl/α,β-unsaturated/α-hetero) is 1. The van der Waals surface area contributed by atoms with Crippen molar-refractivity contribution in [2.45, 2.75) is 47.6 Å². The summed E-state index contributed by atoms with van der Waals surface area (Å²) < 4.78 is 2.22. The molecule has 1 atom stereocenters. The molecular formula is C17H28N2O. The Balaban J connectivity index is 2.03. The molecule has 1 unspecified atom stereocenters. The van der Waals surface area contributed by atoms with E-state index in [0.717, 1.165) is 42.7 Å². The van der Waals surface area contributed by atoms with Crippen molar-refractivity contribution in [3.63, 3.8) is 0 Å². The Morgan fingerprint density at radius 2 is 2.10 bits per heavy atom. The number of ketones is 1. The number of hydrogen-bond donors (Lipinski definition) is 0. The van der Waals surface area contributed by atoms with Crippen molar-refractivity contribution in [3.05, 3.63) is 23.0 Å². The second kappa shape index (κ2) is 6.13. The number of aryl methyl sites for hydroxylation is 1. The van der Waals surface area contributed by atoms with Crippen LogP contribution in [0.4, 0.5) is 0 Å². The first-order chi connectivity index (χ1) is 9.43. The maximum Gasteiger partial charge on any atom is 0.178 e. The van der Waals surface area contributed by atoms with Crippen LogP contribution >= 0.6 is 0 Å². The number of hydrogen-bond acceptors (Lipinski definition) is 2. The predicted octanol–water partition coefficient (Wildman–Crippen LogP) is 3.29. The van der Waals surface area contributed by atoms with Gasteiger partial charge in [0.1, 0.15) is 0 Å². The van der Waals surface area contributed by atoms with Crippen LogP contribution in [0.3, 0.4) is 0 Å². The van der Waals surface area contributed by atoms with Crippen LogP contribution in [0.25, 0.3) is 0 Å².